The zero-order valence-electron chi connectivity index (χ0n) is 10.2. The van der Waals surface area contributed by atoms with Gasteiger partial charge in [-0.25, -0.2) is 0 Å². The monoisotopic (exact) mass is 271 g/mol. The molecule has 0 fully saturated rings. The molecule has 0 saturated heterocycles. The Hall–Kier alpha value is -3.21. The van der Waals surface area contributed by atoms with Gasteiger partial charge in [-0.1, -0.05) is 35.5 Å². The maximum absolute atomic E-state index is 10.4. The van der Waals surface area contributed by atoms with Crippen molar-refractivity contribution in [2.75, 3.05) is 0 Å². The fraction of sp³-hybridized carbons (Fsp3) is 0.0833. The number of nitriles is 1. The number of oxime groups is 1. The summed E-state index contributed by atoms with van der Waals surface area (Å²) in [5.41, 5.74) is 0.744. The first-order valence-corrected chi connectivity index (χ1v) is 5.54. The summed E-state index contributed by atoms with van der Waals surface area (Å²) in [6, 6.07) is 12.0. The Morgan fingerprint density at radius 2 is 2.20 bits per heavy atom. The maximum Gasteiger partial charge on any atom is 0.390 e. The second kappa shape index (κ2) is 6.10. The Bertz CT molecular complexity index is 672. The van der Waals surface area contributed by atoms with Crippen LogP contribution in [0.5, 0.6) is 0 Å². The van der Waals surface area contributed by atoms with Crippen molar-refractivity contribution >= 4 is 11.5 Å². The molecule has 0 aliphatic carbocycles. The fourth-order valence-corrected chi connectivity index (χ4v) is 1.41. The van der Waals surface area contributed by atoms with Crippen LogP contribution in [0.4, 0.5) is 5.82 Å². The van der Waals surface area contributed by atoms with Crippen LogP contribution in [-0.2, 0) is 11.6 Å². The van der Waals surface area contributed by atoms with Crippen LogP contribution in [0.25, 0.3) is 0 Å². The van der Waals surface area contributed by atoms with E-state index in [1.807, 2.05) is 12.1 Å². The van der Waals surface area contributed by atoms with Crippen molar-refractivity contribution in [3.63, 3.8) is 0 Å². The Kier molecular flexibility index (Phi) is 4.04. The van der Waals surface area contributed by atoms with Crippen LogP contribution in [0.2, 0.25) is 0 Å². The molecule has 2 rings (SSSR count). The average Bonchev–Trinajstić information content (AvgIpc) is 2.94. The second-order valence-corrected chi connectivity index (χ2v) is 3.65. The molecule has 0 aliphatic rings. The molecule has 0 spiro atoms. The highest BCUT2D eigenvalue weighted by Crippen LogP contribution is 2.06. The molecule has 1 aromatic heterocycles. The van der Waals surface area contributed by atoms with Crippen molar-refractivity contribution in [3.8, 4) is 6.07 Å². The van der Waals surface area contributed by atoms with E-state index in [4.69, 9.17) is 10.1 Å². The minimum Gasteiger partial charge on any atom is -0.369 e. The summed E-state index contributed by atoms with van der Waals surface area (Å²) in [7, 11) is 0. The highest BCUT2D eigenvalue weighted by atomic mass is 16.6. The molecule has 8 nitrogen and oxygen atoms in total. The molecular weight excluding hydrogens is 262 g/mol. The lowest BCUT2D eigenvalue weighted by Crippen LogP contribution is -2.04. The number of benzene rings is 1. The zero-order chi connectivity index (χ0) is 14.4. The lowest BCUT2D eigenvalue weighted by molar-refractivity contribution is -0.389. The molecule has 0 bridgehead atoms. The van der Waals surface area contributed by atoms with Gasteiger partial charge in [0.15, 0.2) is 5.71 Å². The van der Waals surface area contributed by atoms with Crippen LogP contribution in [-0.4, -0.2) is 20.4 Å². The smallest absolute Gasteiger partial charge is 0.369 e. The summed E-state index contributed by atoms with van der Waals surface area (Å²) in [5.74, 6) is -0.277. The quantitative estimate of drug-likeness (QED) is 0.467. The summed E-state index contributed by atoms with van der Waals surface area (Å²) < 4.78 is 1.21. The first-order valence-electron chi connectivity index (χ1n) is 5.54. The van der Waals surface area contributed by atoms with Crippen molar-refractivity contribution < 1.29 is 9.76 Å². The minimum absolute atomic E-state index is 0.118. The molecule has 20 heavy (non-hydrogen) atoms. The van der Waals surface area contributed by atoms with Gasteiger partial charge in [0.2, 0.25) is 6.73 Å². The summed E-state index contributed by atoms with van der Waals surface area (Å²) >= 11 is 0. The van der Waals surface area contributed by atoms with Gasteiger partial charge in [-0.15, -0.1) is 4.68 Å². The third-order valence-corrected chi connectivity index (χ3v) is 2.31. The molecule has 8 heteroatoms. The molecule has 0 atom stereocenters. The standard InChI is InChI=1S/C12H9N5O3/c13-8-11(10-4-2-1-3-5-10)15-20-9-16-7-6-12(14-16)17(18)19/h1-7H,9H2/b15-11+. The van der Waals surface area contributed by atoms with Crippen molar-refractivity contribution in [1.82, 2.24) is 9.78 Å². The molecule has 1 aromatic carbocycles. The maximum atomic E-state index is 10.4. The van der Waals surface area contributed by atoms with E-state index in [0.29, 0.717) is 5.56 Å². The van der Waals surface area contributed by atoms with E-state index >= 15 is 0 Å². The predicted molar refractivity (Wildman–Crippen MR) is 68.6 cm³/mol. The lowest BCUT2D eigenvalue weighted by atomic mass is 10.1. The third-order valence-electron chi connectivity index (χ3n) is 2.31. The lowest BCUT2D eigenvalue weighted by Gasteiger charge is -1.98. The van der Waals surface area contributed by atoms with Gasteiger partial charge >= 0.3 is 5.82 Å². The van der Waals surface area contributed by atoms with E-state index in [9.17, 15) is 10.1 Å². The Balaban J connectivity index is 2.01. The van der Waals surface area contributed by atoms with Crippen LogP contribution >= 0.6 is 0 Å². The number of nitro groups is 1. The molecule has 0 N–H and O–H groups in total. The van der Waals surface area contributed by atoms with Gasteiger partial charge in [0, 0.05) is 5.56 Å². The van der Waals surface area contributed by atoms with E-state index in [0.717, 1.165) is 0 Å². The van der Waals surface area contributed by atoms with Crippen molar-refractivity contribution in [1.29, 1.82) is 5.26 Å². The first kappa shape index (κ1) is 13.2. The predicted octanol–water partition coefficient (Wildman–Crippen LogP) is 1.69. The van der Waals surface area contributed by atoms with Crippen LogP contribution < -0.4 is 0 Å². The van der Waals surface area contributed by atoms with Gasteiger partial charge in [0.25, 0.3) is 0 Å². The summed E-state index contributed by atoms with van der Waals surface area (Å²) in [5, 5.41) is 26.8. The molecule has 0 unspecified atom stereocenters. The molecule has 1 heterocycles. The molecule has 0 radical (unpaired) electrons. The third kappa shape index (κ3) is 3.17. The molecular formula is C12H9N5O3. The van der Waals surface area contributed by atoms with Gasteiger partial charge in [-0.2, -0.15) is 5.26 Å². The largest absolute Gasteiger partial charge is 0.390 e. The number of nitrogens with zero attached hydrogens (tertiary/aromatic N) is 5. The van der Waals surface area contributed by atoms with E-state index < -0.39 is 4.92 Å². The molecule has 0 saturated carbocycles. The van der Waals surface area contributed by atoms with Gasteiger partial charge in [0.05, 0.1) is 17.4 Å². The summed E-state index contributed by atoms with van der Waals surface area (Å²) in [4.78, 5) is 14.8. The SMILES string of the molecule is N#C/C(=N\OCn1ccc([N+](=O)[O-])n1)c1ccccc1. The number of aromatic nitrogens is 2. The van der Waals surface area contributed by atoms with Crippen molar-refractivity contribution in [2.45, 2.75) is 6.73 Å². The van der Waals surface area contributed by atoms with E-state index in [-0.39, 0.29) is 18.3 Å². The van der Waals surface area contributed by atoms with Gasteiger partial charge in [0.1, 0.15) is 6.07 Å². The van der Waals surface area contributed by atoms with Crippen LogP contribution in [0, 0.1) is 21.4 Å². The Labute approximate surface area is 113 Å². The highest BCUT2D eigenvalue weighted by molar-refractivity contribution is 6.11. The topological polar surface area (TPSA) is 106 Å². The van der Waals surface area contributed by atoms with Crippen molar-refractivity contribution in [2.24, 2.45) is 5.16 Å². The zero-order valence-corrected chi connectivity index (χ0v) is 10.2. The molecule has 0 amide bonds. The van der Waals surface area contributed by atoms with Gasteiger partial charge < -0.3 is 15.0 Å². The highest BCUT2D eigenvalue weighted by Gasteiger charge is 2.10. The number of hydrogen-bond acceptors (Lipinski definition) is 6. The van der Waals surface area contributed by atoms with Crippen LogP contribution in [0.3, 0.4) is 0 Å². The van der Waals surface area contributed by atoms with Gasteiger partial charge in [-0.3, -0.25) is 0 Å². The number of rotatable bonds is 5. The van der Waals surface area contributed by atoms with E-state index in [1.165, 1.54) is 16.9 Å². The van der Waals surface area contributed by atoms with E-state index in [1.54, 1.807) is 24.3 Å². The fourth-order valence-electron chi connectivity index (χ4n) is 1.41. The van der Waals surface area contributed by atoms with Crippen LogP contribution in [0.1, 0.15) is 5.56 Å². The molecule has 2 aromatic rings. The Morgan fingerprint density at radius 3 is 2.80 bits per heavy atom. The van der Waals surface area contributed by atoms with Crippen molar-refractivity contribution in [3.05, 3.63) is 58.3 Å². The average molecular weight is 271 g/mol. The Morgan fingerprint density at radius 1 is 1.45 bits per heavy atom. The normalized spacial score (nSPS) is 10.8. The van der Waals surface area contributed by atoms with Gasteiger partial charge in [-0.05, 0) is 4.92 Å². The van der Waals surface area contributed by atoms with E-state index in [2.05, 4.69) is 10.3 Å². The molecule has 100 valence electrons. The summed E-state index contributed by atoms with van der Waals surface area (Å²) in [6.07, 6.45) is 1.39. The molecule has 0 aliphatic heterocycles. The first-order chi connectivity index (χ1) is 9.70. The summed E-state index contributed by atoms with van der Waals surface area (Å²) in [6.45, 7) is -0.119. The number of hydrogen-bond donors (Lipinski definition) is 0. The minimum atomic E-state index is -0.607. The second-order valence-electron chi connectivity index (χ2n) is 3.65. The van der Waals surface area contributed by atoms with Crippen LogP contribution in [0.15, 0.2) is 47.8 Å².